The fourth-order valence-electron chi connectivity index (χ4n) is 2.22. The lowest BCUT2D eigenvalue weighted by molar-refractivity contribution is 0.532. The molecular weight excluding hydrogens is 330 g/mol. The first-order valence-electron chi connectivity index (χ1n) is 7.92. The lowest BCUT2D eigenvalue weighted by Crippen LogP contribution is -2.33. The summed E-state index contributed by atoms with van der Waals surface area (Å²) in [5.74, 6) is 0. The van der Waals surface area contributed by atoms with Crippen LogP contribution in [0.3, 0.4) is 0 Å². The van der Waals surface area contributed by atoms with E-state index in [4.69, 9.17) is 12.2 Å². The van der Waals surface area contributed by atoms with E-state index in [1.54, 1.807) is 17.4 Å². The van der Waals surface area contributed by atoms with Gasteiger partial charge >= 0.3 is 0 Å². The monoisotopic (exact) mass is 349 g/mol. The van der Waals surface area contributed by atoms with Gasteiger partial charge in [-0.1, -0.05) is 48.5 Å². The Hall–Kier alpha value is -2.99. The van der Waals surface area contributed by atoms with Gasteiger partial charge in [0.1, 0.15) is 0 Å². The van der Waals surface area contributed by atoms with E-state index in [0.29, 0.717) is 11.7 Å². The van der Waals surface area contributed by atoms with Crippen LogP contribution in [0.4, 0.5) is 0 Å². The van der Waals surface area contributed by atoms with Crippen LogP contribution in [-0.2, 0) is 6.54 Å². The third kappa shape index (κ3) is 4.74. The molecule has 1 heterocycles. The molecule has 0 bridgehead atoms. The summed E-state index contributed by atoms with van der Waals surface area (Å²) < 4.78 is 1.81. The second-order valence-corrected chi connectivity index (χ2v) is 5.85. The maximum absolute atomic E-state index is 5.35. The minimum atomic E-state index is 0.565. The van der Waals surface area contributed by atoms with Crippen molar-refractivity contribution in [3.63, 3.8) is 0 Å². The van der Waals surface area contributed by atoms with E-state index in [1.807, 2.05) is 66.5 Å². The predicted octanol–water partition coefficient (Wildman–Crippen LogP) is 3.21. The first-order valence-corrected chi connectivity index (χ1v) is 8.33. The quantitative estimate of drug-likeness (QED) is 0.436. The van der Waals surface area contributed by atoms with Crippen LogP contribution in [0, 0.1) is 0 Å². The third-order valence-corrected chi connectivity index (χ3v) is 3.99. The molecule has 126 valence electrons. The topological polar surface area (TPSA) is 45.5 Å². The fourth-order valence-corrected chi connectivity index (χ4v) is 2.34. The highest BCUT2D eigenvalue weighted by Gasteiger charge is 2.03. The summed E-state index contributed by atoms with van der Waals surface area (Å²) in [7, 11) is 1.82. The Morgan fingerprint density at radius 2 is 1.84 bits per heavy atom. The standard InChI is InChI=1S/C19H19N5S/c1-23(19(25)20-12-16-8-4-2-5-9-16)21-13-17-14-22-24(15-17)18-10-6-3-7-11-18/h2-11,13-15H,12H2,1H3,(H,20,25)/b21-13-. The van der Waals surface area contributed by atoms with Gasteiger partial charge in [0.2, 0.25) is 0 Å². The highest BCUT2D eigenvalue weighted by molar-refractivity contribution is 7.80. The summed E-state index contributed by atoms with van der Waals surface area (Å²) in [6.07, 6.45) is 5.43. The van der Waals surface area contributed by atoms with Gasteiger partial charge in [0, 0.05) is 25.4 Å². The molecular formula is C19H19N5S. The van der Waals surface area contributed by atoms with Crippen LogP contribution in [0.15, 0.2) is 78.2 Å². The van der Waals surface area contributed by atoms with Crippen molar-refractivity contribution < 1.29 is 0 Å². The zero-order chi connectivity index (χ0) is 17.5. The van der Waals surface area contributed by atoms with E-state index in [9.17, 15) is 0 Å². The lowest BCUT2D eigenvalue weighted by atomic mass is 10.2. The van der Waals surface area contributed by atoms with Crippen molar-refractivity contribution in [1.82, 2.24) is 20.1 Å². The number of benzene rings is 2. The van der Waals surface area contributed by atoms with E-state index in [2.05, 4.69) is 27.6 Å². The van der Waals surface area contributed by atoms with Crippen molar-refractivity contribution in [3.05, 3.63) is 84.2 Å². The van der Waals surface area contributed by atoms with E-state index in [0.717, 1.165) is 11.3 Å². The fraction of sp³-hybridized carbons (Fsp3) is 0.105. The van der Waals surface area contributed by atoms with Gasteiger partial charge in [0.15, 0.2) is 5.11 Å². The highest BCUT2D eigenvalue weighted by atomic mass is 32.1. The molecule has 6 heteroatoms. The second kappa shape index (κ2) is 8.21. The molecule has 3 aromatic rings. The van der Waals surface area contributed by atoms with Crippen LogP contribution < -0.4 is 5.32 Å². The summed E-state index contributed by atoms with van der Waals surface area (Å²) >= 11 is 5.35. The van der Waals surface area contributed by atoms with Crippen LogP contribution in [-0.4, -0.2) is 33.2 Å². The van der Waals surface area contributed by atoms with E-state index < -0.39 is 0 Å². The third-order valence-electron chi connectivity index (χ3n) is 3.58. The molecule has 5 nitrogen and oxygen atoms in total. The van der Waals surface area contributed by atoms with Gasteiger partial charge in [-0.15, -0.1) is 0 Å². The number of nitrogens with one attached hydrogen (secondary N) is 1. The van der Waals surface area contributed by atoms with Crippen LogP contribution in [0.25, 0.3) is 5.69 Å². The Morgan fingerprint density at radius 1 is 1.16 bits per heavy atom. The average molecular weight is 349 g/mol. The molecule has 0 unspecified atom stereocenters. The van der Waals surface area contributed by atoms with Crippen LogP contribution in [0.1, 0.15) is 11.1 Å². The van der Waals surface area contributed by atoms with Gasteiger partial charge in [0.05, 0.1) is 18.1 Å². The second-order valence-electron chi connectivity index (χ2n) is 5.47. The summed E-state index contributed by atoms with van der Waals surface area (Å²) in [4.78, 5) is 0. The van der Waals surface area contributed by atoms with E-state index in [-0.39, 0.29) is 0 Å². The zero-order valence-electron chi connectivity index (χ0n) is 13.9. The Labute approximate surface area is 152 Å². The Morgan fingerprint density at radius 3 is 2.56 bits per heavy atom. The van der Waals surface area contributed by atoms with Crippen molar-refractivity contribution >= 4 is 23.5 Å². The largest absolute Gasteiger partial charge is 0.357 e. The Kier molecular flexibility index (Phi) is 5.53. The minimum Gasteiger partial charge on any atom is -0.357 e. The highest BCUT2D eigenvalue weighted by Crippen LogP contribution is 2.06. The molecule has 0 saturated heterocycles. The molecule has 3 rings (SSSR count). The van der Waals surface area contributed by atoms with E-state index in [1.165, 1.54) is 5.56 Å². The zero-order valence-corrected chi connectivity index (χ0v) is 14.7. The first kappa shape index (κ1) is 16.9. The van der Waals surface area contributed by atoms with Crippen molar-refractivity contribution in [2.75, 3.05) is 7.05 Å². The molecule has 25 heavy (non-hydrogen) atoms. The molecule has 0 aliphatic rings. The van der Waals surface area contributed by atoms with E-state index >= 15 is 0 Å². The van der Waals surface area contributed by atoms with Gasteiger partial charge in [0.25, 0.3) is 0 Å². The number of hydrazone groups is 1. The van der Waals surface area contributed by atoms with Crippen LogP contribution >= 0.6 is 12.2 Å². The molecule has 0 amide bonds. The summed E-state index contributed by atoms with van der Waals surface area (Å²) in [5.41, 5.74) is 3.09. The minimum absolute atomic E-state index is 0.565. The number of hydrogen-bond donors (Lipinski definition) is 1. The number of rotatable bonds is 5. The number of thiocarbonyl (C=S) groups is 1. The van der Waals surface area contributed by atoms with Gasteiger partial charge in [-0.25, -0.2) is 9.69 Å². The van der Waals surface area contributed by atoms with Gasteiger partial charge in [-0.2, -0.15) is 10.2 Å². The molecule has 0 aliphatic heterocycles. The molecule has 2 aromatic carbocycles. The maximum atomic E-state index is 5.35. The smallest absolute Gasteiger partial charge is 0.189 e. The molecule has 1 aromatic heterocycles. The van der Waals surface area contributed by atoms with Crippen molar-refractivity contribution in [2.45, 2.75) is 6.54 Å². The number of aromatic nitrogens is 2. The molecule has 0 spiro atoms. The Balaban J connectivity index is 1.56. The predicted molar refractivity (Wildman–Crippen MR) is 105 cm³/mol. The normalized spacial score (nSPS) is 10.8. The molecule has 1 N–H and O–H groups in total. The number of hydrogen-bond acceptors (Lipinski definition) is 3. The van der Waals surface area contributed by atoms with Crippen molar-refractivity contribution in [1.29, 1.82) is 0 Å². The average Bonchev–Trinajstić information content (AvgIpc) is 3.15. The number of nitrogens with zero attached hydrogens (tertiary/aromatic N) is 4. The van der Waals surface area contributed by atoms with Crippen LogP contribution in [0.5, 0.6) is 0 Å². The van der Waals surface area contributed by atoms with Gasteiger partial charge in [-0.05, 0) is 29.9 Å². The van der Waals surface area contributed by atoms with Crippen molar-refractivity contribution in [3.8, 4) is 5.69 Å². The summed E-state index contributed by atoms with van der Waals surface area (Å²) in [6.45, 7) is 0.672. The van der Waals surface area contributed by atoms with Gasteiger partial charge in [-0.3, -0.25) is 0 Å². The van der Waals surface area contributed by atoms with Gasteiger partial charge < -0.3 is 5.32 Å². The lowest BCUT2D eigenvalue weighted by Gasteiger charge is -2.15. The Bertz CT molecular complexity index is 843. The maximum Gasteiger partial charge on any atom is 0.189 e. The molecule has 0 radical (unpaired) electrons. The number of para-hydroxylation sites is 1. The molecule has 0 aliphatic carbocycles. The summed E-state index contributed by atoms with van der Waals surface area (Å²) in [5, 5.41) is 14.1. The molecule has 0 fully saturated rings. The summed E-state index contributed by atoms with van der Waals surface area (Å²) in [6, 6.07) is 20.1. The SMILES string of the molecule is CN(/N=C\c1cnn(-c2ccccc2)c1)C(=S)NCc1ccccc1. The molecule has 0 saturated carbocycles. The first-order chi connectivity index (χ1) is 12.2. The molecule has 0 atom stereocenters. The van der Waals surface area contributed by atoms with Crippen molar-refractivity contribution in [2.24, 2.45) is 5.10 Å². The van der Waals surface area contributed by atoms with Crippen LogP contribution in [0.2, 0.25) is 0 Å².